The molecule has 0 aliphatic heterocycles. The SMILES string of the molecule is CC(C)OP(=O)(O)C(Cc1cccnc1)P(=O)(OC(C)C)OC(C)C. The summed E-state index contributed by atoms with van der Waals surface area (Å²) in [6.07, 6.45) is 1.73. The fourth-order valence-electron chi connectivity index (χ4n) is 2.26. The number of rotatable bonds is 10. The lowest BCUT2D eigenvalue weighted by atomic mass is 10.2. The molecule has 2 atom stereocenters. The molecule has 0 saturated carbocycles. The van der Waals surface area contributed by atoms with Gasteiger partial charge in [-0.3, -0.25) is 14.1 Å². The van der Waals surface area contributed by atoms with Gasteiger partial charge < -0.3 is 18.5 Å². The van der Waals surface area contributed by atoms with Gasteiger partial charge in [-0.2, -0.15) is 0 Å². The van der Waals surface area contributed by atoms with Crippen molar-refractivity contribution in [2.24, 2.45) is 0 Å². The van der Waals surface area contributed by atoms with E-state index in [4.69, 9.17) is 13.6 Å². The van der Waals surface area contributed by atoms with Crippen LogP contribution in [0.5, 0.6) is 0 Å². The standard InChI is InChI=1S/C16H29NO6P2/c1-12(2)21-24(18,19)16(10-15-8-7-9-17-11-15)25(20,22-13(3)4)23-14(5)6/h7-9,11-14,16H,10H2,1-6H3,(H,18,19). The molecule has 0 fully saturated rings. The Morgan fingerprint density at radius 1 is 1.00 bits per heavy atom. The maximum absolute atomic E-state index is 13.5. The van der Waals surface area contributed by atoms with Crippen LogP contribution in [0.25, 0.3) is 0 Å². The Labute approximate surface area is 150 Å². The first-order chi connectivity index (χ1) is 11.5. The zero-order valence-corrected chi connectivity index (χ0v) is 17.4. The van der Waals surface area contributed by atoms with Crippen LogP contribution >= 0.6 is 15.2 Å². The Morgan fingerprint density at radius 3 is 1.92 bits per heavy atom. The highest BCUT2D eigenvalue weighted by atomic mass is 31.2. The summed E-state index contributed by atoms with van der Waals surface area (Å²) < 4.78 is 42.8. The minimum atomic E-state index is -4.30. The molecular formula is C16H29NO6P2. The molecule has 1 aromatic rings. The molecule has 2 unspecified atom stereocenters. The minimum Gasteiger partial charge on any atom is -0.324 e. The number of hydrogen-bond acceptors (Lipinski definition) is 6. The summed E-state index contributed by atoms with van der Waals surface area (Å²) in [6.45, 7) is 10.1. The Kier molecular flexibility index (Phi) is 8.46. The minimum absolute atomic E-state index is 0.00887. The van der Waals surface area contributed by atoms with Crippen molar-refractivity contribution in [2.45, 2.75) is 71.7 Å². The molecule has 0 bridgehead atoms. The predicted octanol–water partition coefficient (Wildman–Crippen LogP) is 4.60. The molecule has 1 heterocycles. The molecule has 1 aromatic heterocycles. The van der Waals surface area contributed by atoms with E-state index < -0.39 is 38.9 Å². The topological polar surface area (TPSA) is 95.0 Å². The fourth-order valence-corrected chi connectivity index (χ4v) is 7.31. The lowest BCUT2D eigenvalue weighted by Gasteiger charge is -2.32. The Balaban J connectivity index is 3.34. The van der Waals surface area contributed by atoms with Crippen LogP contribution in [0.4, 0.5) is 0 Å². The summed E-state index contributed by atoms with van der Waals surface area (Å²) >= 11 is 0. The highest BCUT2D eigenvalue weighted by Crippen LogP contribution is 2.70. The van der Waals surface area contributed by atoms with Crippen molar-refractivity contribution in [1.82, 2.24) is 4.98 Å². The molecule has 0 aliphatic rings. The average molecular weight is 393 g/mol. The predicted molar refractivity (Wildman–Crippen MR) is 97.8 cm³/mol. The Morgan fingerprint density at radius 2 is 1.52 bits per heavy atom. The normalized spacial score (nSPS) is 16.4. The Hall–Kier alpha value is -0.550. The van der Waals surface area contributed by atoms with Crippen LogP contribution in [-0.4, -0.2) is 33.6 Å². The van der Waals surface area contributed by atoms with Crippen molar-refractivity contribution < 1.29 is 27.6 Å². The van der Waals surface area contributed by atoms with Crippen LogP contribution in [0.3, 0.4) is 0 Å². The second-order valence-corrected chi connectivity index (χ2v) is 11.1. The molecular weight excluding hydrogens is 364 g/mol. The molecule has 25 heavy (non-hydrogen) atoms. The summed E-state index contributed by atoms with van der Waals surface area (Å²) in [7, 11) is -8.25. The number of hydrogen-bond donors (Lipinski definition) is 1. The molecule has 0 aliphatic carbocycles. The molecule has 0 saturated heterocycles. The zero-order chi connectivity index (χ0) is 19.3. The van der Waals surface area contributed by atoms with Gasteiger partial charge in [-0.05, 0) is 59.6 Å². The molecule has 0 spiro atoms. The van der Waals surface area contributed by atoms with E-state index in [2.05, 4.69) is 4.98 Å². The summed E-state index contributed by atoms with van der Waals surface area (Å²) in [4.78, 5) is 14.5. The van der Waals surface area contributed by atoms with Gasteiger partial charge in [0.15, 0.2) is 5.40 Å². The maximum Gasteiger partial charge on any atom is 0.346 e. The molecule has 7 nitrogen and oxygen atoms in total. The summed E-state index contributed by atoms with van der Waals surface area (Å²) in [5, 5.41) is -1.34. The highest BCUT2D eigenvalue weighted by molar-refractivity contribution is 7.72. The lowest BCUT2D eigenvalue weighted by Crippen LogP contribution is -2.23. The first-order valence-corrected chi connectivity index (χ1v) is 11.6. The van der Waals surface area contributed by atoms with Gasteiger partial charge in [0.25, 0.3) is 0 Å². The van der Waals surface area contributed by atoms with Gasteiger partial charge in [0.1, 0.15) is 0 Å². The van der Waals surface area contributed by atoms with Gasteiger partial charge in [0, 0.05) is 12.4 Å². The third-order valence-electron chi connectivity index (χ3n) is 2.96. The second kappa shape index (κ2) is 9.40. The average Bonchev–Trinajstić information content (AvgIpc) is 2.42. The van der Waals surface area contributed by atoms with Crippen LogP contribution in [0.15, 0.2) is 24.5 Å². The van der Waals surface area contributed by atoms with Crippen molar-refractivity contribution in [1.29, 1.82) is 0 Å². The van der Waals surface area contributed by atoms with Crippen LogP contribution in [0.2, 0.25) is 0 Å². The quantitative estimate of drug-likeness (QED) is 0.580. The second-order valence-electron chi connectivity index (χ2n) is 6.61. The van der Waals surface area contributed by atoms with Crippen LogP contribution < -0.4 is 0 Å². The van der Waals surface area contributed by atoms with Crippen molar-refractivity contribution in [3.8, 4) is 0 Å². The smallest absolute Gasteiger partial charge is 0.324 e. The van der Waals surface area contributed by atoms with E-state index in [1.807, 2.05) is 0 Å². The molecule has 1 N–H and O–H groups in total. The largest absolute Gasteiger partial charge is 0.346 e. The molecule has 1 rings (SSSR count). The van der Waals surface area contributed by atoms with Gasteiger partial charge in [0.05, 0.1) is 18.3 Å². The van der Waals surface area contributed by atoms with Gasteiger partial charge >= 0.3 is 15.2 Å². The molecule has 0 radical (unpaired) electrons. The van der Waals surface area contributed by atoms with Crippen molar-refractivity contribution >= 4 is 15.2 Å². The van der Waals surface area contributed by atoms with Crippen molar-refractivity contribution in [3.63, 3.8) is 0 Å². The number of aromatic nitrogens is 1. The fraction of sp³-hybridized carbons (Fsp3) is 0.688. The van der Waals surface area contributed by atoms with E-state index in [0.717, 1.165) is 0 Å². The van der Waals surface area contributed by atoms with Gasteiger partial charge in [-0.1, -0.05) is 6.07 Å². The Bertz CT molecular complexity index is 606. The van der Waals surface area contributed by atoms with E-state index >= 15 is 0 Å². The monoisotopic (exact) mass is 393 g/mol. The maximum atomic E-state index is 13.5. The highest BCUT2D eigenvalue weighted by Gasteiger charge is 2.50. The number of pyridine rings is 1. The van der Waals surface area contributed by atoms with E-state index in [9.17, 15) is 14.0 Å². The van der Waals surface area contributed by atoms with E-state index in [1.165, 1.54) is 0 Å². The molecule has 0 amide bonds. The third-order valence-corrected chi connectivity index (χ3v) is 8.69. The number of nitrogens with zero attached hydrogens (tertiary/aromatic N) is 1. The molecule has 9 heteroatoms. The molecule has 0 aromatic carbocycles. The summed E-state index contributed by atoms with van der Waals surface area (Å²) in [6, 6.07) is 3.44. The van der Waals surface area contributed by atoms with E-state index in [0.29, 0.717) is 5.56 Å². The van der Waals surface area contributed by atoms with E-state index in [1.54, 1.807) is 66.1 Å². The van der Waals surface area contributed by atoms with Crippen LogP contribution in [-0.2, 0) is 29.1 Å². The summed E-state index contributed by atoms with van der Waals surface area (Å²) in [5.74, 6) is 0. The zero-order valence-electron chi connectivity index (χ0n) is 15.7. The lowest BCUT2D eigenvalue weighted by molar-refractivity contribution is 0.136. The summed E-state index contributed by atoms with van der Waals surface area (Å²) in [5.41, 5.74) is 0.647. The van der Waals surface area contributed by atoms with Gasteiger partial charge in [-0.15, -0.1) is 0 Å². The van der Waals surface area contributed by atoms with Gasteiger partial charge in [0.2, 0.25) is 0 Å². The van der Waals surface area contributed by atoms with Crippen molar-refractivity contribution in [3.05, 3.63) is 30.1 Å². The van der Waals surface area contributed by atoms with Crippen LogP contribution in [0, 0.1) is 0 Å². The van der Waals surface area contributed by atoms with Gasteiger partial charge in [-0.25, -0.2) is 0 Å². The van der Waals surface area contributed by atoms with Crippen LogP contribution in [0.1, 0.15) is 47.1 Å². The first kappa shape index (κ1) is 22.5. The molecule has 144 valence electrons. The third kappa shape index (κ3) is 7.30. The van der Waals surface area contributed by atoms with E-state index in [-0.39, 0.29) is 6.42 Å². The first-order valence-electron chi connectivity index (χ1n) is 8.32. The van der Waals surface area contributed by atoms with Crippen molar-refractivity contribution in [2.75, 3.05) is 0 Å².